The van der Waals surface area contributed by atoms with Gasteiger partial charge in [0.05, 0.1) is 12.9 Å². The lowest BCUT2D eigenvalue weighted by atomic mass is 10.1. The van der Waals surface area contributed by atoms with Gasteiger partial charge in [-0.05, 0) is 36.4 Å². The van der Waals surface area contributed by atoms with Crippen LogP contribution in [0.1, 0.15) is 10.4 Å². The van der Waals surface area contributed by atoms with Gasteiger partial charge in [0.2, 0.25) is 0 Å². The molecule has 0 aliphatic rings. The van der Waals surface area contributed by atoms with Crippen molar-refractivity contribution >= 4 is 29.1 Å². The SMILES string of the molecule is COc1cccc(-c2nnc(SCC(=O)c3ccc(Cl)cc3)n2C)c1. The maximum absolute atomic E-state index is 12.3. The van der Waals surface area contributed by atoms with Gasteiger partial charge in [-0.2, -0.15) is 0 Å². The third-order valence-corrected chi connectivity index (χ3v) is 4.93. The summed E-state index contributed by atoms with van der Waals surface area (Å²) in [6.07, 6.45) is 0. The van der Waals surface area contributed by atoms with Gasteiger partial charge >= 0.3 is 0 Å². The number of Topliss-reactive ketones (excluding diaryl/α,β-unsaturated/α-hetero) is 1. The van der Waals surface area contributed by atoms with Crippen molar-refractivity contribution in [3.8, 4) is 17.1 Å². The molecular weight excluding hydrogens is 358 g/mol. The number of carbonyl (C=O) groups excluding carboxylic acids is 1. The fourth-order valence-corrected chi connectivity index (χ4v) is 3.23. The van der Waals surface area contributed by atoms with Gasteiger partial charge in [-0.3, -0.25) is 4.79 Å². The highest BCUT2D eigenvalue weighted by Crippen LogP contribution is 2.25. The number of benzene rings is 2. The maximum Gasteiger partial charge on any atom is 0.191 e. The number of halogens is 1. The Morgan fingerprint density at radius 3 is 2.68 bits per heavy atom. The van der Waals surface area contributed by atoms with Crippen molar-refractivity contribution in [1.82, 2.24) is 14.8 Å². The zero-order valence-corrected chi connectivity index (χ0v) is 15.3. The number of nitrogens with zero attached hydrogens (tertiary/aromatic N) is 3. The molecule has 0 fully saturated rings. The average molecular weight is 374 g/mol. The molecule has 0 radical (unpaired) electrons. The summed E-state index contributed by atoms with van der Waals surface area (Å²) in [5.41, 5.74) is 1.54. The van der Waals surface area contributed by atoms with E-state index in [2.05, 4.69) is 10.2 Å². The van der Waals surface area contributed by atoms with Crippen molar-refractivity contribution in [3.63, 3.8) is 0 Å². The monoisotopic (exact) mass is 373 g/mol. The van der Waals surface area contributed by atoms with Gasteiger partial charge in [-0.1, -0.05) is 35.5 Å². The van der Waals surface area contributed by atoms with Crippen molar-refractivity contribution in [2.75, 3.05) is 12.9 Å². The van der Waals surface area contributed by atoms with Crippen molar-refractivity contribution in [2.24, 2.45) is 7.05 Å². The van der Waals surface area contributed by atoms with E-state index >= 15 is 0 Å². The van der Waals surface area contributed by atoms with Crippen LogP contribution in [0.2, 0.25) is 5.02 Å². The summed E-state index contributed by atoms with van der Waals surface area (Å²) >= 11 is 7.20. The smallest absolute Gasteiger partial charge is 0.191 e. The van der Waals surface area contributed by atoms with E-state index in [-0.39, 0.29) is 11.5 Å². The molecule has 0 atom stereocenters. The van der Waals surface area contributed by atoms with Crippen LogP contribution in [0.4, 0.5) is 0 Å². The predicted octanol–water partition coefficient (Wildman–Crippen LogP) is 4.12. The third-order valence-electron chi connectivity index (χ3n) is 3.66. The predicted molar refractivity (Wildman–Crippen MR) is 99.5 cm³/mol. The van der Waals surface area contributed by atoms with E-state index < -0.39 is 0 Å². The molecule has 0 unspecified atom stereocenters. The van der Waals surface area contributed by atoms with Crippen LogP contribution in [-0.4, -0.2) is 33.4 Å². The molecule has 0 N–H and O–H groups in total. The molecule has 1 aromatic heterocycles. The molecule has 1 heterocycles. The minimum absolute atomic E-state index is 0.0209. The Labute approximate surface area is 155 Å². The number of thioether (sulfide) groups is 1. The first kappa shape index (κ1) is 17.5. The number of ketones is 1. The van der Waals surface area contributed by atoms with Crippen molar-refractivity contribution in [2.45, 2.75) is 5.16 Å². The highest BCUT2D eigenvalue weighted by molar-refractivity contribution is 7.99. The molecule has 7 heteroatoms. The molecule has 0 aliphatic carbocycles. The first-order chi connectivity index (χ1) is 12.1. The molecule has 3 aromatic rings. The molecule has 3 rings (SSSR count). The lowest BCUT2D eigenvalue weighted by Gasteiger charge is -2.05. The highest BCUT2D eigenvalue weighted by Gasteiger charge is 2.14. The quantitative estimate of drug-likeness (QED) is 0.480. The maximum atomic E-state index is 12.3. The normalized spacial score (nSPS) is 10.7. The topological polar surface area (TPSA) is 57.0 Å². The molecule has 5 nitrogen and oxygen atoms in total. The molecule has 0 amide bonds. The van der Waals surface area contributed by atoms with Gasteiger partial charge in [0.15, 0.2) is 16.8 Å². The zero-order chi connectivity index (χ0) is 17.8. The van der Waals surface area contributed by atoms with Crippen LogP contribution in [0.25, 0.3) is 11.4 Å². The zero-order valence-electron chi connectivity index (χ0n) is 13.8. The Hall–Kier alpha value is -2.31. The van der Waals surface area contributed by atoms with Gasteiger partial charge in [-0.15, -0.1) is 10.2 Å². The van der Waals surface area contributed by atoms with Crippen molar-refractivity contribution < 1.29 is 9.53 Å². The summed E-state index contributed by atoms with van der Waals surface area (Å²) in [5, 5.41) is 9.71. The summed E-state index contributed by atoms with van der Waals surface area (Å²) in [6.45, 7) is 0. The van der Waals surface area contributed by atoms with Crippen LogP contribution < -0.4 is 4.74 Å². The number of hydrogen-bond acceptors (Lipinski definition) is 5. The number of ether oxygens (including phenoxy) is 1. The van der Waals surface area contributed by atoms with Crippen LogP contribution in [0.5, 0.6) is 5.75 Å². The minimum Gasteiger partial charge on any atom is -0.497 e. The lowest BCUT2D eigenvalue weighted by Crippen LogP contribution is -2.03. The van der Waals surface area contributed by atoms with E-state index in [0.717, 1.165) is 17.1 Å². The van der Waals surface area contributed by atoms with E-state index in [1.165, 1.54) is 11.8 Å². The Morgan fingerprint density at radius 2 is 1.96 bits per heavy atom. The van der Waals surface area contributed by atoms with Gasteiger partial charge in [0.25, 0.3) is 0 Å². The standard InChI is InChI=1S/C18H16ClN3O2S/c1-22-17(13-4-3-5-15(10-13)24-2)20-21-18(22)25-11-16(23)12-6-8-14(19)9-7-12/h3-10H,11H2,1-2H3. The summed E-state index contributed by atoms with van der Waals surface area (Å²) in [5.74, 6) is 1.78. The van der Waals surface area contributed by atoms with Crippen molar-refractivity contribution in [3.05, 3.63) is 59.1 Å². The number of methoxy groups -OCH3 is 1. The van der Waals surface area contributed by atoms with Crippen molar-refractivity contribution in [1.29, 1.82) is 0 Å². The molecule has 0 spiro atoms. The summed E-state index contributed by atoms with van der Waals surface area (Å²) < 4.78 is 7.11. The number of rotatable bonds is 6. The van der Waals surface area contributed by atoms with Gasteiger partial charge in [-0.25, -0.2) is 0 Å². The third kappa shape index (κ3) is 4.03. The number of carbonyl (C=O) groups is 1. The van der Waals surface area contributed by atoms with Gasteiger partial charge < -0.3 is 9.30 Å². The summed E-state index contributed by atoms with van der Waals surface area (Å²) in [6, 6.07) is 14.5. The van der Waals surface area contributed by atoms with Gasteiger partial charge in [0.1, 0.15) is 5.75 Å². The Kier molecular flexibility index (Phi) is 5.40. The van der Waals surface area contributed by atoms with Crippen LogP contribution in [-0.2, 0) is 7.05 Å². The molecule has 0 aliphatic heterocycles. The molecule has 0 saturated heterocycles. The Balaban J connectivity index is 1.73. The Bertz CT molecular complexity index is 894. The van der Waals surface area contributed by atoms with Gasteiger partial charge in [0, 0.05) is 23.2 Å². The lowest BCUT2D eigenvalue weighted by molar-refractivity contribution is 0.102. The van der Waals surface area contributed by atoms with Crippen LogP contribution in [0.3, 0.4) is 0 Å². The molecular formula is C18H16ClN3O2S. The number of aromatic nitrogens is 3. The minimum atomic E-state index is 0.0209. The second-order valence-corrected chi connectivity index (χ2v) is 6.69. The summed E-state index contributed by atoms with van der Waals surface area (Å²) in [4.78, 5) is 12.3. The van der Waals surface area contributed by atoms with Crippen LogP contribution in [0, 0.1) is 0 Å². The molecule has 0 saturated carbocycles. The first-order valence-corrected chi connectivity index (χ1v) is 8.90. The molecule has 128 valence electrons. The van der Waals surface area contributed by atoms with E-state index in [1.807, 2.05) is 35.9 Å². The van der Waals surface area contributed by atoms with E-state index in [1.54, 1.807) is 31.4 Å². The highest BCUT2D eigenvalue weighted by atomic mass is 35.5. The second-order valence-electron chi connectivity index (χ2n) is 5.32. The Morgan fingerprint density at radius 1 is 1.20 bits per heavy atom. The largest absolute Gasteiger partial charge is 0.497 e. The molecule has 25 heavy (non-hydrogen) atoms. The van der Waals surface area contributed by atoms with E-state index in [4.69, 9.17) is 16.3 Å². The fourth-order valence-electron chi connectivity index (χ4n) is 2.30. The van der Waals surface area contributed by atoms with E-state index in [0.29, 0.717) is 15.7 Å². The first-order valence-electron chi connectivity index (χ1n) is 7.54. The number of hydrogen-bond donors (Lipinski definition) is 0. The van der Waals surface area contributed by atoms with E-state index in [9.17, 15) is 4.79 Å². The van der Waals surface area contributed by atoms with Crippen LogP contribution in [0.15, 0.2) is 53.7 Å². The molecule has 0 bridgehead atoms. The summed E-state index contributed by atoms with van der Waals surface area (Å²) in [7, 11) is 3.50. The second kappa shape index (κ2) is 7.72. The average Bonchev–Trinajstić information content (AvgIpc) is 3.01. The molecule has 2 aromatic carbocycles. The van der Waals surface area contributed by atoms with Crippen LogP contribution >= 0.6 is 23.4 Å². The fraction of sp³-hybridized carbons (Fsp3) is 0.167.